The Bertz CT molecular complexity index is 880. The standard InChI is InChI=1S/C18H13ClN2O3/c19-13-6-10(7-15-17(13)24-9-16(22)20-15)5-12-8-11-3-1-2-4-14(11)21-18(12)23/h1-4,6-8,11H,5,9H2,(H,20,22). The van der Waals surface area contributed by atoms with Crippen molar-refractivity contribution in [3.05, 3.63) is 58.7 Å². The fourth-order valence-electron chi connectivity index (χ4n) is 2.95. The average Bonchev–Trinajstić information content (AvgIpc) is 2.55. The highest BCUT2D eigenvalue weighted by molar-refractivity contribution is 6.33. The maximum Gasteiger partial charge on any atom is 0.273 e. The van der Waals surface area contributed by atoms with Gasteiger partial charge in [-0.1, -0.05) is 35.9 Å². The summed E-state index contributed by atoms with van der Waals surface area (Å²) in [6, 6.07) is 3.53. The number of carbonyl (C=O) groups is 2. The molecular formula is C18H13ClN2O3. The summed E-state index contributed by atoms with van der Waals surface area (Å²) in [7, 11) is 0. The van der Waals surface area contributed by atoms with Crippen LogP contribution >= 0.6 is 11.6 Å². The molecule has 1 aromatic carbocycles. The summed E-state index contributed by atoms with van der Waals surface area (Å²) in [5.41, 5.74) is 2.72. The van der Waals surface area contributed by atoms with Gasteiger partial charge in [-0.3, -0.25) is 9.59 Å². The van der Waals surface area contributed by atoms with E-state index in [4.69, 9.17) is 16.3 Å². The number of nitrogens with zero attached hydrogens (tertiary/aromatic N) is 1. The van der Waals surface area contributed by atoms with Crippen molar-refractivity contribution in [3.8, 4) is 5.75 Å². The van der Waals surface area contributed by atoms with Gasteiger partial charge in [0, 0.05) is 17.9 Å². The van der Waals surface area contributed by atoms with Gasteiger partial charge in [0.15, 0.2) is 12.4 Å². The van der Waals surface area contributed by atoms with E-state index >= 15 is 0 Å². The second-order valence-electron chi connectivity index (χ2n) is 5.77. The van der Waals surface area contributed by atoms with Crippen molar-refractivity contribution in [3.63, 3.8) is 0 Å². The second-order valence-corrected chi connectivity index (χ2v) is 6.18. The van der Waals surface area contributed by atoms with Crippen LogP contribution in [0, 0.1) is 5.92 Å². The molecule has 1 unspecified atom stereocenters. The van der Waals surface area contributed by atoms with Gasteiger partial charge in [0.25, 0.3) is 11.8 Å². The van der Waals surface area contributed by atoms with Gasteiger partial charge < -0.3 is 10.1 Å². The van der Waals surface area contributed by atoms with Crippen molar-refractivity contribution < 1.29 is 14.3 Å². The zero-order valence-corrected chi connectivity index (χ0v) is 13.3. The monoisotopic (exact) mass is 340 g/mol. The molecule has 1 N–H and O–H groups in total. The van der Waals surface area contributed by atoms with Crippen molar-refractivity contribution >= 4 is 34.8 Å². The first-order valence-corrected chi connectivity index (χ1v) is 7.91. The molecule has 0 radical (unpaired) electrons. The van der Waals surface area contributed by atoms with E-state index < -0.39 is 0 Å². The van der Waals surface area contributed by atoms with Crippen molar-refractivity contribution in [1.82, 2.24) is 0 Å². The SMILES string of the molecule is O=C1COc2c(Cl)cc(CC3=CC4C=CC=CC4=NC3=O)cc2N1. The minimum atomic E-state index is -0.240. The highest BCUT2D eigenvalue weighted by atomic mass is 35.5. The van der Waals surface area contributed by atoms with Gasteiger partial charge in [-0.2, -0.15) is 0 Å². The van der Waals surface area contributed by atoms with E-state index in [-0.39, 0.29) is 24.3 Å². The Balaban J connectivity index is 1.63. The van der Waals surface area contributed by atoms with Gasteiger partial charge in [0.05, 0.1) is 16.4 Å². The van der Waals surface area contributed by atoms with Crippen LogP contribution in [0.4, 0.5) is 5.69 Å². The maximum absolute atomic E-state index is 12.2. The summed E-state index contributed by atoms with van der Waals surface area (Å²) < 4.78 is 5.34. The van der Waals surface area contributed by atoms with E-state index in [2.05, 4.69) is 10.3 Å². The molecule has 6 heteroatoms. The molecule has 120 valence electrons. The number of benzene rings is 1. The number of hydrogen-bond acceptors (Lipinski definition) is 3. The number of allylic oxidation sites excluding steroid dienone is 5. The van der Waals surface area contributed by atoms with Crippen LogP contribution in [0.25, 0.3) is 0 Å². The van der Waals surface area contributed by atoms with E-state index in [1.165, 1.54) is 0 Å². The molecule has 0 saturated heterocycles. The molecule has 0 aromatic heterocycles. The van der Waals surface area contributed by atoms with Crippen molar-refractivity contribution in [1.29, 1.82) is 0 Å². The molecule has 5 nitrogen and oxygen atoms in total. The fraction of sp³-hybridized carbons (Fsp3) is 0.167. The number of rotatable bonds is 2. The number of ether oxygens (including phenoxy) is 1. The third-order valence-electron chi connectivity index (χ3n) is 4.04. The van der Waals surface area contributed by atoms with E-state index in [0.717, 1.165) is 11.3 Å². The molecule has 0 spiro atoms. The van der Waals surface area contributed by atoms with E-state index in [9.17, 15) is 9.59 Å². The summed E-state index contributed by atoms with van der Waals surface area (Å²) in [5.74, 6) is 0.0239. The summed E-state index contributed by atoms with van der Waals surface area (Å²) in [4.78, 5) is 27.9. The Morgan fingerprint density at radius 3 is 3.04 bits per heavy atom. The molecule has 2 heterocycles. The van der Waals surface area contributed by atoms with Crippen LogP contribution in [-0.4, -0.2) is 24.1 Å². The Labute approximate surface area is 143 Å². The Kier molecular flexibility index (Phi) is 3.58. The summed E-state index contributed by atoms with van der Waals surface area (Å²) in [6.45, 7) is -0.0469. The van der Waals surface area contributed by atoms with Crippen LogP contribution in [0.5, 0.6) is 5.75 Å². The third kappa shape index (κ3) is 2.67. The first kappa shape index (κ1) is 14.9. The fourth-order valence-corrected chi connectivity index (χ4v) is 3.24. The summed E-state index contributed by atoms with van der Waals surface area (Å²) in [5, 5.41) is 3.15. The number of carbonyl (C=O) groups excluding carboxylic acids is 2. The predicted molar refractivity (Wildman–Crippen MR) is 91.6 cm³/mol. The molecule has 0 fully saturated rings. The molecule has 0 saturated carbocycles. The van der Waals surface area contributed by atoms with Gasteiger partial charge in [0.1, 0.15) is 0 Å². The van der Waals surface area contributed by atoms with Crippen molar-refractivity contribution in [2.45, 2.75) is 6.42 Å². The van der Waals surface area contributed by atoms with Crippen LogP contribution in [0.1, 0.15) is 5.56 Å². The number of fused-ring (bicyclic) bond motifs is 2. The van der Waals surface area contributed by atoms with E-state index in [1.807, 2.05) is 30.4 Å². The quantitative estimate of drug-likeness (QED) is 0.900. The van der Waals surface area contributed by atoms with Crippen LogP contribution in [0.3, 0.4) is 0 Å². The van der Waals surface area contributed by atoms with Crippen molar-refractivity contribution in [2.75, 3.05) is 11.9 Å². The minimum absolute atomic E-state index is 0.0267. The molecule has 2 aliphatic heterocycles. The number of nitrogens with one attached hydrogen (secondary N) is 1. The lowest BCUT2D eigenvalue weighted by Gasteiger charge is -2.21. The predicted octanol–water partition coefficient (Wildman–Crippen LogP) is 2.86. The first-order chi connectivity index (χ1) is 11.6. The topological polar surface area (TPSA) is 67.8 Å². The molecule has 4 rings (SSSR count). The molecule has 0 bridgehead atoms. The number of aliphatic imine (C=N–C) groups is 1. The van der Waals surface area contributed by atoms with Crippen LogP contribution in [-0.2, 0) is 16.0 Å². The molecule has 3 aliphatic rings. The number of dihydropyridines is 1. The maximum atomic E-state index is 12.2. The number of hydrogen-bond donors (Lipinski definition) is 1. The molecule has 2 amide bonds. The summed E-state index contributed by atoms with van der Waals surface area (Å²) in [6.07, 6.45) is 9.97. The third-order valence-corrected chi connectivity index (χ3v) is 4.32. The molecule has 1 atom stereocenters. The largest absolute Gasteiger partial charge is 0.480 e. The van der Waals surface area contributed by atoms with Gasteiger partial charge in [-0.25, -0.2) is 4.99 Å². The summed E-state index contributed by atoms with van der Waals surface area (Å²) >= 11 is 6.23. The average molecular weight is 341 g/mol. The van der Waals surface area contributed by atoms with Crippen LogP contribution in [0.2, 0.25) is 5.02 Å². The number of amides is 2. The van der Waals surface area contributed by atoms with Gasteiger partial charge in [-0.05, 0) is 23.8 Å². The van der Waals surface area contributed by atoms with Crippen LogP contribution in [0.15, 0.2) is 53.1 Å². The zero-order valence-electron chi connectivity index (χ0n) is 12.6. The lowest BCUT2D eigenvalue weighted by atomic mass is 9.90. The highest BCUT2D eigenvalue weighted by Gasteiger charge is 2.24. The van der Waals surface area contributed by atoms with Crippen molar-refractivity contribution in [2.24, 2.45) is 10.9 Å². The first-order valence-electron chi connectivity index (χ1n) is 7.54. The van der Waals surface area contributed by atoms with E-state index in [0.29, 0.717) is 28.5 Å². The Hall–Kier alpha value is -2.66. The Morgan fingerprint density at radius 1 is 1.29 bits per heavy atom. The lowest BCUT2D eigenvalue weighted by Crippen LogP contribution is -2.25. The zero-order chi connectivity index (χ0) is 16.7. The molecular weight excluding hydrogens is 328 g/mol. The molecule has 1 aromatic rings. The number of anilines is 1. The Morgan fingerprint density at radius 2 is 2.17 bits per heavy atom. The normalized spacial score (nSPS) is 21.3. The minimum Gasteiger partial charge on any atom is -0.480 e. The number of halogens is 1. The van der Waals surface area contributed by atoms with Crippen LogP contribution < -0.4 is 10.1 Å². The van der Waals surface area contributed by atoms with Gasteiger partial charge in [0.2, 0.25) is 0 Å². The lowest BCUT2D eigenvalue weighted by molar-refractivity contribution is -0.118. The molecule has 24 heavy (non-hydrogen) atoms. The molecule has 1 aliphatic carbocycles. The second kappa shape index (κ2) is 5.76. The van der Waals surface area contributed by atoms with Gasteiger partial charge in [-0.15, -0.1) is 0 Å². The van der Waals surface area contributed by atoms with E-state index in [1.54, 1.807) is 12.1 Å². The highest BCUT2D eigenvalue weighted by Crippen LogP contribution is 2.37. The van der Waals surface area contributed by atoms with Gasteiger partial charge >= 0.3 is 0 Å². The smallest absolute Gasteiger partial charge is 0.273 e.